The number of carbonyl (C=O) groups is 2. The van der Waals surface area contributed by atoms with Gasteiger partial charge in [-0.2, -0.15) is 5.26 Å². The molecule has 1 unspecified atom stereocenters. The normalized spacial score (nSPS) is 17.3. The van der Waals surface area contributed by atoms with Gasteiger partial charge in [-0.25, -0.2) is 0 Å². The van der Waals surface area contributed by atoms with Gasteiger partial charge in [-0.15, -0.1) is 0 Å². The number of pyridine rings is 1. The number of ketones is 1. The molecule has 4 rings (SSSR count). The highest BCUT2D eigenvalue weighted by Gasteiger charge is 2.47. The monoisotopic (exact) mass is 445 g/mol. The molecule has 0 saturated carbocycles. The van der Waals surface area contributed by atoms with E-state index in [4.69, 9.17) is 21.6 Å². The van der Waals surface area contributed by atoms with Crippen molar-refractivity contribution in [3.05, 3.63) is 94.3 Å². The summed E-state index contributed by atoms with van der Waals surface area (Å²) in [4.78, 5) is 31.5. The fraction of sp³-hybridized carbons (Fsp3) is 0.0833. The van der Waals surface area contributed by atoms with E-state index in [1.54, 1.807) is 54.9 Å². The van der Waals surface area contributed by atoms with Crippen LogP contribution >= 0.6 is 11.6 Å². The van der Waals surface area contributed by atoms with Gasteiger partial charge in [0.2, 0.25) is 0 Å². The molecule has 0 radical (unpaired) electrons. The third kappa shape index (κ3) is 3.57. The fourth-order valence-electron chi connectivity index (χ4n) is 3.62. The highest BCUT2D eigenvalue weighted by atomic mass is 35.5. The Balaban J connectivity index is 1.93. The second kappa shape index (κ2) is 8.53. The molecule has 1 aliphatic heterocycles. The molecule has 158 valence electrons. The highest BCUT2D eigenvalue weighted by Crippen LogP contribution is 2.42. The molecule has 0 aliphatic carbocycles. The lowest BCUT2D eigenvalue weighted by atomic mass is 9.95. The number of ether oxygens (including phenoxy) is 1. The molecule has 1 fully saturated rings. The number of aromatic nitrogens is 1. The first-order chi connectivity index (χ1) is 15.5. The number of aliphatic hydroxyl groups excluding tert-OH is 1. The van der Waals surface area contributed by atoms with Gasteiger partial charge in [-0.1, -0.05) is 11.6 Å². The summed E-state index contributed by atoms with van der Waals surface area (Å²) in [5, 5.41) is 20.5. The number of hydrogen-bond acceptors (Lipinski definition) is 6. The van der Waals surface area contributed by atoms with Crippen LogP contribution in [0.5, 0.6) is 5.75 Å². The zero-order valence-electron chi connectivity index (χ0n) is 16.8. The average Bonchev–Trinajstić information content (AvgIpc) is 3.10. The summed E-state index contributed by atoms with van der Waals surface area (Å²) < 4.78 is 5.21. The molecule has 1 aromatic heterocycles. The maximum absolute atomic E-state index is 13.1. The van der Waals surface area contributed by atoms with E-state index in [2.05, 4.69) is 4.98 Å². The molecule has 2 aromatic carbocycles. The van der Waals surface area contributed by atoms with Gasteiger partial charge in [0, 0.05) is 23.6 Å². The first kappa shape index (κ1) is 21.1. The highest BCUT2D eigenvalue weighted by molar-refractivity contribution is 6.51. The molecule has 0 spiro atoms. The van der Waals surface area contributed by atoms with Crippen LogP contribution in [0.4, 0.5) is 5.69 Å². The molecular weight excluding hydrogens is 430 g/mol. The predicted molar refractivity (Wildman–Crippen MR) is 118 cm³/mol. The second-order valence-corrected chi connectivity index (χ2v) is 7.36. The van der Waals surface area contributed by atoms with Gasteiger partial charge >= 0.3 is 0 Å². The van der Waals surface area contributed by atoms with Crippen LogP contribution in [0.1, 0.15) is 22.7 Å². The van der Waals surface area contributed by atoms with E-state index in [0.29, 0.717) is 27.6 Å². The molecule has 7 nitrogen and oxygen atoms in total. The van der Waals surface area contributed by atoms with Crippen molar-refractivity contribution in [3.8, 4) is 11.8 Å². The minimum Gasteiger partial charge on any atom is -0.507 e. The Bertz CT molecular complexity index is 1280. The quantitative estimate of drug-likeness (QED) is 0.366. The lowest BCUT2D eigenvalue weighted by molar-refractivity contribution is -0.132. The van der Waals surface area contributed by atoms with E-state index in [9.17, 15) is 14.7 Å². The molecule has 32 heavy (non-hydrogen) atoms. The SMILES string of the molecule is COc1cc(/C(O)=C2/C(=O)C(=O)N(c3ccc(C#N)cc3)C2c2ccncc2)ccc1Cl. The van der Waals surface area contributed by atoms with E-state index < -0.39 is 17.7 Å². The number of nitrogens with zero attached hydrogens (tertiary/aromatic N) is 3. The summed E-state index contributed by atoms with van der Waals surface area (Å²) in [6.07, 6.45) is 3.08. The Morgan fingerprint density at radius 1 is 1.12 bits per heavy atom. The number of anilines is 1. The Morgan fingerprint density at radius 2 is 1.81 bits per heavy atom. The van der Waals surface area contributed by atoms with Crippen LogP contribution in [0.15, 0.2) is 72.6 Å². The van der Waals surface area contributed by atoms with E-state index in [-0.39, 0.29) is 16.9 Å². The number of aliphatic hydroxyl groups is 1. The Hall–Kier alpha value is -4.15. The summed E-state index contributed by atoms with van der Waals surface area (Å²) in [5.41, 5.74) is 1.63. The van der Waals surface area contributed by atoms with Gasteiger partial charge in [0.1, 0.15) is 11.5 Å². The molecule has 1 saturated heterocycles. The summed E-state index contributed by atoms with van der Waals surface area (Å²) in [7, 11) is 1.44. The van der Waals surface area contributed by atoms with Crippen LogP contribution in [0.2, 0.25) is 5.02 Å². The van der Waals surface area contributed by atoms with Gasteiger partial charge in [-0.3, -0.25) is 19.5 Å². The van der Waals surface area contributed by atoms with Crippen molar-refractivity contribution in [3.63, 3.8) is 0 Å². The van der Waals surface area contributed by atoms with E-state index in [1.807, 2.05) is 6.07 Å². The minimum absolute atomic E-state index is 0.0741. The van der Waals surface area contributed by atoms with E-state index >= 15 is 0 Å². The topological polar surface area (TPSA) is 104 Å². The van der Waals surface area contributed by atoms with Gasteiger partial charge in [-0.05, 0) is 60.2 Å². The third-order valence-electron chi connectivity index (χ3n) is 5.17. The summed E-state index contributed by atoms with van der Waals surface area (Å²) in [6.45, 7) is 0. The standard InChI is InChI=1S/C24H16ClN3O4/c1-32-19-12-16(4-7-18(19)25)22(29)20-21(15-8-10-27-11-9-15)28(24(31)23(20)30)17-5-2-14(13-26)3-6-17/h2-12,21,29H,1H3/b22-20-. The molecule has 1 atom stereocenters. The fourth-order valence-corrected chi connectivity index (χ4v) is 3.81. The van der Waals surface area contributed by atoms with Crippen LogP contribution in [-0.4, -0.2) is 28.9 Å². The van der Waals surface area contributed by atoms with Crippen molar-refractivity contribution >= 4 is 34.7 Å². The molecule has 1 N–H and O–H groups in total. The van der Waals surface area contributed by atoms with Crippen LogP contribution in [0, 0.1) is 11.3 Å². The van der Waals surface area contributed by atoms with Gasteiger partial charge in [0.05, 0.1) is 35.4 Å². The van der Waals surface area contributed by atoms with Gasteiger partial charge in [0.15, 0.2) is 0 Å². The van der Waals surface area contributed by atoms with Crippen molar-refractivity contribution in [1.82, 2.24) is 4.98 Å². The number of hydrogen-bond donors (Lipinski definition) is 1. The third-order valence-corrected chi connectivity index (χ3v) is 5.48. The maximum Gasteiger partial charge on any atom is 0.300 e. The van der Waals surface area contributed by atoms with E-state index in [0.717, 1.165) is 0 Å². The lowest BCUT2D eigenvalue weighted by Crippen LogP contribution is -2.29. The Morgan fingerprint density at radius 3 is 2.44 bits per heavy atom. The van der Waals surface area contributed by atoms with Crippen molar-refractivity contribution in [1.29, 1.82) is 5.26 Å². The van der Waals surface area contributed by atoms with Crippen LogP contribution < -0.4 is 9.64 Å². The number of halogens is 1. The Kier molecular flexibility index (Phi) is 5.63. The van der Waals surface area contributed by atoms with Crippen LogP contribution in [-0.2, 0) is 9.59 Å². The molecule has 2 heterocycles. The van der Waals surface area contributed by atoms with Crippen molar-refractivity contribution in [2.24, 2.45) is 0 Å². The zero-order chi connectivity index (χ0) is 22.8. The van der Waals surface area contributed by atoms with Crippen molar-refractivity contribution in [2.45, 2.75) is 6.04 Å². The summed E-state index contributed by atoms with van der Waals surface area (Å²) >= 11 is 6.08. The number of rotatable bonds is 4. The number of Topliss-reactive ketones (excluding diaryl/α,β-unsaturated/α-hetero) is 1. The van der Waals surface area contributed by atoms with Crippen molar-refractivity contribution in [2.75, 3.05) is 12.0 Å². The lowest BCUT2D eigenvalue weighted by Gasteiger charge is -2.25. The number of carbonyl (C=O) groups excluding carboxylic acids is 2. The molecule has 1 aliphatic rings. The maximum atomic E-state index is 13.1. The molecule has 3 aromatic rings. The van der Waals surface area contributed by atoms with Gasteiger partial charge in [0.25, 0.3) is 11.7 Å². The minimum atomic E-state index is -0.896. The molecular formula is C24H16ClN3O4. The predicted octanol–water partition coefficient (Wildman–Crippen LogP) is 4.24. The number of amides is 1. The molecule has 1 amide bonds. The molecule has 8 heteroatoms. The number of methoxy groups -OCH3 is 1. The zero-order valence-corrected chi connectivity index (χ0v) is 17.6. The summed E-state index contributed by atoms with van der Waals surface area (Å²) in [6, 6.07) is 15.3. The summed E-state index contributed by atoms with van der Waals surface area (Å²) in [5.74, 6) is -1.66. The van der Waals surface area contributed by atoms with Crippen LogP contribution in [0.3, 0.4) is 0 Å². The van der Waals surface area contributed by atoms with Gasteiger partial charge < -0.3 is 9.84 Å². The van der Waals surface area contributed by atoms with Crippen LogP contribution in [0.25, 0.3) is 5.76 Å². The van der Waals surface area contributed by atoms with E-state index in [1.165, 1.54) is 24.1 Å². The number of benzene rings is 2. The second-order valence-electron chi connectivity index (χ2n) is 6.96. The average molecular weight is 446 g/mol. The Labute approximate surface area is 188 Å². The first-order valence-corrected chi connectivity index (χ1v) is 9.89. The largest absolute Gasteiger partial charge is 0.507 e. The molecule has 0 bridgehead atoms. The first-order valence-electron chi connectivity index (χ1n) is 9.51. The smallest absolute Gasteiger partial charge is 0.300 e. The van der Waals surface area contributed by atoms with Crippen molar-refractivity contribution < 1.29 is 19.4 Å². The number of nitriles is 1.